The first-order chi connectivity index (χ1) is 10.3. The van der Waals surface area contributed by atoms with Gasteiger partial charge in [-0.25, -0.2) is 4.98 Å². The smallest absolute Gasteiger partial charge is 0.162 e. The van der Waals surface area contributed by atoms with Gasteiger partial charge in [0.2, 0.25) is 0 Å². The Balaban J connectivity index is 2.25. The quantitative estimate of drug-likeness (QED) is 0.465. The third-order valence-corrected chi connectivity index (χ3v) is 5.14. The van der Waals surface area contributed by atoms with E-state index >= 15 is 0 Å². The second-order valence-corrected chi connectivity index (χ2v) is 12.2. The van der Waals surface area contributed by atoms with Gasteiger partial charge in [0.1, 0.15) is 18.5 Å². The maximum atomic E-state index is 11.9. The van der Waals surface area contributed by atoms with Gasteiger partial charge in [-0.3, -0.25) is 4.79 Å². The van der Waals surface area contributed by atoms with Gasteiger partial charge in [0.25, 0.3) is 0 Å². The van der Waals surface area contributed by atoms with E-state index in [0.29, 0.717) is 24.4 Å². The van der Waals surface area contributed by atoms with Crippen LogP contribution < -0.4 is 0 Å². The highest BCUT2D eigenvalue weighted by molar-refractivity contribution is 6.76. The molecule has 0 spiro atoms. The van der Waals surface area contributed by atoms with Gasteiger partial charge >= 0.3 is 0 Å². The summed E-state index contributed by atoms with van der Waals surface area (Å²) in [6.07, 6.45) is 1.85. The van der Waals surface area contributed by atoms with Crippen LogP contribution in [0.15, 0.2) is 18.3 Å². The fourth-order valence-electron chi connectivity index (χ4n) is 2.19. The first-order valence-electron chi connectivity index (χ1n) is 7.30. The van der Waals surface area contributed by atoms with E-state index in [9.17, 15) is 4.79 Å². The van der Waals surface area contributed by atoms with E-state index in [2.05, 4.69) is 24.6 Å². The van der Waals surface area contributed by atoms with Gasteiger partial charge in [0.05, 0.1) is 11.0 Å². The molecule has 0 N–H and O–H groups in total. The number of carbonyl (C=O) groups is 1. The number of hydrogen-bond donors (Lipinski definition) is 0. The zero-order chi connectivity index (χ0) is 16.3. The lowest BCUT2D eigenvalue weighted by Crippen LogP contribution is -2.22. The predicted molar refractivity (Wildman–Crippen MR) is 88.6 cm³/mol. The maximum absolute atomic E-state index is 11.9. The van der Waals surface area contributed by atoms with Crippen molar-refractivity contribution in [1.82, 2.24) is 9.55 Å². The SMILES string of the molecule is CC(=O)c1cc(C#N)nc2ccn(COCC[Si](C)(C)C)c12. The maximum Gasteiger partial charge on any atom is 0.162 e. The van der Waals surface area contributed by atoms with Crippen LogP contribution in [-0.4, -0.2) is 30.0 Å². The van der Waals surface area contributed by atoms with Gasteiger partial charge in [-0.15, -0.1) is 0 Å². The van der Waals surface area contributed by atoms with E-state index in [-0.39, 0.29) is 11.5 Å². The Bertz CT molecular complexity index is 738. The van der Waals surface area contributed by atoms with Crippen molar-refractivity contribution in [2.75, 3.05) is 6.61 Å². The second-order valence-electron chi connectivity index (χ2n) is 6.59. The standard InChI is InChI=1S/C16H21N3O2Si/c1-12(20)14-9-13(10-17)18-15-5-6-19(16(14)15)11-21-7-8-22(2,3)4/h5-6,9H,7-8,11H2,1-4H3. The number of nitriles is 1. The zero-order valence-electron chi connectivity index (χ0n) is 13.5. The fraction of sp³-hybridized carbons (Fsp3) is 0.438. The lowest BCUT2D eigenvalue weighted by Gasteiger charge is -2.16. The van der Waals surface area contributed by atoms with Crippen molar-refractivity contribution in [2.45, 2.75) is 39.3 Å². The molecule has 0 saturated heterocycles. The van der Waals surface area contributed by atoms with E-state index < -0.39 is 8.07 Å². The predicted octanol–water partition coefficient (Wildman–Crippen LogP) is 3.42. The normalized spacial score (nSPS) is 11.6. The van der Waals surface area contributed by atoms with Crippen molar-refractivity contribution >= 4 is 24.9 Å². The molecule has 0 aliphatic carbocycles. The molecular weight excluding hydrogens is 294 g/mol. The van der Waals surface area contributed by atoms with Crippen molar-refractivity contribution in [3.63, 3.8) is 0 Å². The molecule has 0 bridgehead atoms. The van der Waals surface area contributed by atoms with E-state index in [1.165, 1.54) is 6.92 Å². The highest BCUT2D eigenvalue weighted by atomic mass is 28.3. The summed E-state index contributed by atoms with van der Waals surface area (Å²) in [4.78, 5) is 16.1. The number of rotatable bonds is 6. The number of fused-ring (bicyclic) bond motifs is 1. The van der Waals surface area contributed by atoms with Crippen LogP contribution in [0.2, 0.25) is 25.7 Å². The molecule has 0 aromatic carbocycles. The third-order valence-electron chi connectivity index (χ3n) is 3.44. The van der Waals surface area contributed by atoms with E-state index in [4.69, 9.17) is 10.00 Å². The van der Waals surface area contributed by atoms with Gasteiger partial charge in [0, 0.05) is 26.4 Å². The topological polar surface area (TPSA) is 67.9 Å². The molecule has 0 aliphatic heterocycles. The average molecular weight is 315 g/mol. The summed E-state index contributed by atoms with van der Waals surface area (Å²) >= 11 is 0. The molecule has 5 nitrogen and oxygen atoms in total. The number of carbonyl (C=O) groups excluding carboxylic acids is 1. The van der Waals surface area contributed by atoms with Gasteiger partial charge < -0.3 is 9.30 Å². The number of Topliss-reactive ketones (excluding diaryl/α,β-unsaturated/α-hetero) is 1. The lowest BCUT2D eigenvalue weighted by atomic mass is 10.1. The van der Waals surface area contributed by atoms with Crippen LogP contribution in [0.25, 0.3) is 11.0 Å². The molecule has 116 valence electrons. The van der Waals surface area contributed by atoms with Crippen LogP contribution >= 0.6 is 0 Å². The summed E-state index contributed by atoms with van der Waals surface area (Å²) in [6.45, 7) is 9.53. The van der Waals surface area contributed by atoms with Crippen LogP contribution in [0, 0.1) is 11.3 Å². The van der Waals surface area contributed by atoms with Crippen molar-refractivity contribution in [3.8, 4) is 6.07 Å². The molecule has 2 aromatic heterocycles. The molecule has 0 fully saturated rings. The van der Waals surface area contributed by atoms with Crippen LogP contribution in [0.1, 0.15) is 23.0 Å². The number of hydrogen-bond acceptors (Lipinski definition) is 4. The summed E-state index contributed by atoms with van der Waals surface area (Å²) in [6, 6.07) is 6.45. The van der Waals surface area contributed by atoms with Crippen molar-refractivity contribution in [2.24, 2.45) is 0 Å². The Morgan fingerprint density at radius 1 is 1.45 bits per heavy atom. The van der Waals surface area contributed by atoms with Gasteiger partial charge in [0.15, 0.2) is 5.78 Å². The van der Waals surface area contributed by atoms with Crippen molar-refractivity contribution in [3.05, 3.63) is 29.6 Å². The number of pyridine rings is 1. The Labute approximate surface area is 131 Å². The minimum absolute atomic E-state index is 0.0778. The number of ether oxygens (including phenoxy) is 1. The van der Waals surface area contributed by atoms with E-state index in [1.54, 1.807) is 6.07 Å². The minimum atomic E-state index is -1.11. The van der Waals surface area contributed by atoms with Crippen LogP contribution in [0.3, 0.4) is 0 Å². The Hall–Kier alpha value is -1.97. The van der Waals surface area contributed by atoms with E-state index in [0.717, 1.165) is 11.6 Å². The van der Waals surface area contributed by atoms with Gasteiger partial charge in [-0.05, 0) is 25.1 Å². The molecule has 0 amide bonds. The first kappa shape index (κ1) is 16.4. The third kappa shape index (κ3) is 3.81. The first-order valence-corrected chi connectivity index (χ1v) is 11.0. The lowest BCUT2D eigenvalue weighted by molar-refractivity contribution is 0.0899. The largest absolute Gasteiger partial charge is 0.361 e. The van der Waals surface area contributed by atoms with Crippen molar-refractivity contribution in [1.29, 1.82) is 5.26 Å². The number of ketones is 1. The van der Waals surface area contributed by atoms with Crippen LogP contribution in [-0.2, 0) is 11.5 Å². The molecule has 0 radical (unpaired) electrons. The monoisotopic (exact) mass is 315 g/mol. The molecule has 0 saturated carbocycles. The zero-order valence-corrected chi connectivity index (χ0v) is 14.5. The number of nitrogens with zero attached hydrogens (tertiary/aromatic N) is 3. The molecular formula is C16H21N3O2Si. The summed E-state index contributed by atoms with van der Waals surface area (Å²) in [5.74, 6) is -0.0778. The van der Waals surface area contributed by atoms with Gasteiger partial charge in [-0.2, -0.15) is 5.26 Å². The van der Waals surface area contributed by atoms with E-state index in [1.807, 2.05) is 22.9 Å². The molecule has 2 aromatic rings. The summed E-state index contributed by atoms with van der Waals surface area (Å²) in [7, 11) is -1.11. The number of aromatic nitrogens is 2. The average Bonchev–Trinajstić information content (AvgIpc) is 2.84. The van der Waals surface area contributed by atoms with Crippen LogP contribution in [0.4, 0.5) is 0 Å². The highest BCUT2D eigenvalue weighted by Gasteiger charge is 2.15. The van der Waals surface area contributed by atoms with Crippen LogP contribution in [0.5, 0.6) is 0 Å². The Morgan fingerprint density at radius 3 is 2.77 bits per heavy atom. The molecule has 0 unspecified atom stereocenters. The fourth-order valence-corrected chi connectivity index (χ4v) is 2.94. The highest BCUT2D eigenvalue weighted by Crippen LogP contribution is 2.21. The molecule has 2 rings (SSSR count). The van der Waals surface area contributed by atoms with Crippen molar-refractivity contribution < 1.29 is 9.53 Å². The Morgan fingerprint density at radius 2 is 2.18 bits per heavy atom. The summed E-state index contributed by atoms with van der Waals surface area (Å²) in [5, 5.41) is 9.01. The second kappa shape index (κ2) is 6.42. The Kier molecular flexibility index (Phi) is 4.79. The minimum Gasteiger partial charge on any atom is -0.361 e. The molecule has 0 aliphatic rings. The summed E-state index contributed by atoms with van der Waals surface area (Å²) < 4.78 is 7.63. The molecule has 22 heavy (non-hydrogen) atoms. The molecule has 6 heteroatoms. The molecule has 2 heterocycles. The summed E-state index contributed by atoms with van der Waals surface area (Å²) in [5.41, 5.74) is 2.16. The van der Waals surface area contributed by atoms with Gasteiger partial charge in [-0.1, -0.05) is 19.6 Å². The molecule has 0 atom stereocenters.